The maximum atomic E-state index is 5.51. The predicted molar refractivity (Wildman–Crippen MR) is 90.2 cm³/mol. The number of rotatable bonds is 3. The highest BCUT2D eigenvalue weighted by atomic mass is 16.5. The summed E-state index contributed by atoms with van der Waals surface area (Å²) in [6, 6.07) is 14.4. The van der Waals surface area contributed by atoms with Crippen molar-refractivity contribution in [2.75, 3.05) is 7.11 Å². The highest BCUT2D eigenvalue weighted by Gasteiger charge is 2.11. The SMILES string of the molecule is COc1cc(C)ccc1-c1cccc(-c2cc(C)[nH]c2C)n1. The van der Waals surface area contributed by atoms with Crippen LogP contribution < -0.4 is 4.74 Å². The van der Waals surface area contributed by atoms with Gasteiger partial charge < -0.3 is 9.72 Å². The number of benzene rings is 1. The maximum absolute atomic E-state index is 5.51. The second-order valence-corrected chi connectivity index (χ2v) is 5.60. The van der Waals surface area contributed by atoms with Crippen molar-refractivity contribution in [2.24, 2.45) is 0 Å². The summed E-state index contributed by atoms with van der Waals surface area (Å²) < 4.78 is 5.51. The van der Waals surface area contributed by atoms with E-state index in [1.807, 2.05) is 24.3 Å². The Balaban J connectivity index is 2.11. The molecule has 112 valence electrons. The van der Waals surface area contributed by atoms with Gasteiger partial charge in [-0.1, -0.05) is 12.1 Å². The van der Waals surface area contributed by atoms with Crippen LogP contribution in [-0.4, -0.2) is 17.1 Å². The number of ether oxygens (including phenoxy) is 1. The summed E-state index contributed by atoms with van der Waals surface area (Å²) in [5.74, 6) is 0.853. The number of aryl methyl sites for hydroxylation is 3. The molecule has 0 amide bonds. The molecule has 22 heavy (non-hydrogen) atoms. The van der Waals surface area contributed by atoms with Gasteiger partial charge in [-0.3, -0.25) is 0 Å². The van der Waals surface area contributed by atoms with Gasteiger partial charge in [-0.05, 0) is 56.7 Å². The standard InChI is InChI=1S/C19H20N2O/c1-12-8-9-15(19(10-12)22-4)17-6-5-7-18(21-17)16-11-13(2)20-14(16)3/h5-11,20H,1-4H3. The lowest BCUT2D eigenvalue weighted by Gasteiger charge is -2.10. The molecule has 0 radical (unpaired) electrons. The summed E-state index contributed by atoms with van der Waals surface area (Å²) in [4.78, 5) is 8.16. The van der Waals surface area contributed by atoms with E-state index in [1.165, 1.54) is 5.56 Å². The molecular formula is C19H20N2O. The van der Waals surface area contributed by atoms with Gasteiger partial charge >= 0.3 is 0 Å². The number of aromatic nitrogens is 2. The molecule has 3 heteroatoms. The molecule has 0 bridgehead atoms. The zero-order valence-corrected chi connectivity index (χ0v) is 13.4. The van der Waals surface area contributed by atoms with Crippen molar-refractivity contribution in [1.29, 1.82) is 0 Å². The van der Waals surface area contributed by atoms with E-state index in [4.69, 9.17) is 9.72 Å². The van der Waals surface area contributed by atoms with Crippen molar-refractivity contribution in [2.45, 2.75) is 20.8 Å². The number of pyridine rings is 1. The lowest BCUT2D eigenvalue weighted by atomic mass is 10.1. The van der Waals surface area contributed by atoms with Gasteiger partial charge in [0.1, 0.15) is 5.75 Å². The number of hydrogen-bond acceptors (Lipinski definition) is 2. The normalized spacial score (nSPS) is 10.7. The van der Waals surface area contributed by atoms with E-state index >= 15 is 0 Å². The molecule has 1 N–H and O–H groups in total. The van der Waals surface area contributed by atoms with Gasteiger partial charge in [0.05, 0.1) is 18.5 Å². The summed E-state index contributed by atoms with van der Waals surface area (Å²) in [6.45, 7) is 6.19. The van der Waals surface area contributed by atoms with Crippen LogP contribution in [0, 0.1) is 20.8 Å². The van der Waals surface area contributed by atoms with Crippen molar-refractivity contribution in [3.05, 3.63) is 59.4 Å². The van der Waals surface area contributed by atoms with Crippen LogP contribution >= 0.6 is 0 Å². The summed E-state index contributed by atoms with van der Waals surface area (Å²) in [6.07, 6.45) is 0. The topological polar surface area (TPSA) is 37.9 Å². The van der Waals surface area contributed by atoms with Crippen LogP contribution in [-0.2, 0) is 0 Å². The molecule has 0 atom stereocenters. The van der Waals surface area contributed by atoms with Gasteiger partial charge in [0.15, 0.2) is 0 Å². The van der Waals surface area contributed by atoms with Gasteiger partial charge in [0, 0.05) is 22.5 Å². The number of aromatic amines is 1. The third kappa shape index (κ3) is 2.62. The zero-order chi connectivity index (χ0) is 15.7. The summed E-state index contributed by atoms with van der Waals surface area (Å²) >= 11 is 0. The average Bonchev–Trinajstić information content (AvgIpc) is 2.86. The number of methoxy groups -OCH3 is 1. The molecule has 0 unspecified atom stereocenters. The Hall–Kier alpha value is -2.55. The van der Waals surface area contributed by atoms with Crippen molar-refractivity contribution >= 4 is 0 Å². The number of H-pyrrole nitrogens is 1. The second kappa shape index (κ2) is 5.68. The molecular weight excluding hydrogens is 272 g/mol. The minimum Gasteiger partial charge on any atom is -0.496 e. The number of nitrogens with one attached hydrogen (secondary N) is 1. The first-order chi connectivity index (χ1) is 10.6. The van der Waals surface area contributed by atoms with Crippen molar-refractivity contribution in [1.82, 2.24) is 9.97 Å². The number of hydrogen-bond donors (Lipinski definition) is 1. The first kappa shape index (κ1) is 14.4. The molecule has 0 aliphatic heterocycles. The monoisotopic (exact) mass is 292 g/mol. The fourth-order valence-corrected chi connectivity index (χ4v) is 2.73. The maximum Gasteiger partial charge on any atom is 0.128 e. The Bertz CT molecular complexity index is 818. The highest BCUT2D eigenvalue weighted by Crippen LogP contribution is 2.31. The lowest BCUT2D eigenvalue weighted by molar-refractivity contribution is 0.416. The van der Waals surface area contributed by atoms with E-state index in [0.717, 1.165) is 39.7 Å². The van der Waals surface area contributed by atoms with Crippen LogP contribution in [0.5, 0.6) is 5.75 Å². The molecule has 2 aromatic heterocycles. The van der Waals surface area contributed by atoms with E-state index < -0.39 is 0 Å². The molecule has 3 aromatic rings. The molecule has 0 saturated carbocycles. The van der Waals surface area contributed by atoms with E-state index in [-0.39, 0.29) is 0 Å². The lowest BCUT2D eigenvalue weighted by Crippen LogP contribution is -1.92. The quantitative estimate of drug-likeness (QED) is 0.761. The first-order valence-electron chi connectivity index (χ1n) is 7.37. The predicted octanol–water partition coefficient (Wildman–Crippen LogP) is 4.68. The third-order valence-corrected chi connectivity index (χ3v) is 3.81. The van der Waals surface area contributed by atoms with Crippen LogP contribution in [0.1, 0.15) is 17.0 Å². The highest BCUT2D eigenvalue weighted by molar-refractivity contribution is 5.72. The van der Waals surface area contributed by atoms with E-state index in [0.29, 0.717) is 0 Å². The van der Waals surface area contributed by atoms with E-state index in [1.54, 1.807) is 7.11 Å². The van der Waals surface area contributed by atoms with Crippen molar-refractivity contribution in [3.63, 3.8) is 0 Å². The van der Waals surface area contributed by atoms with Crippen LogP contribution in [0.2, 0.25) is 0 Å². The second-order valence-electron chi connectivity index (χ2n) is 5.60. The van der Waals surface area contributed by atoms with Crippen LogP contribution in [0.4, 0.5) is 0 Å². The largest absolute Gasteiger partial charge is 0.496 e. The van der Waals surface area contributed by atoms with Crippen LogP contribution in [0.25, 0.3) is 22.5 Å². The molecule has 1 aromatic carbocycles. The molecule has 0 spiro atoms. The first-order valence-corrected chi connectivity index (χ1v) is 7.37. The molecule has 0 fully saturated rings. The molecule has 0 aliphatic carbocycles. The van der Waals surface area contributed by atoms with Gasteiger partial charge in [0.25, 0.3) is 0 Å². The van der Waals surface area contributed by atoms with Gasteiger partial charge in [-0.25, -0.2) is 4.98 Å². The Morgan fingerprint density at radius 1 is 0.909 bits per heavy atom. The van der Waals surface area contributed by atoms with Crippen molar-refractivity contribution in [3.8, 4) is 28.3 Å². The minimum absolute atomic E-state index is 0.853. The van der Waals surface area contributed by atoms with Crippen LogP contribution in [0.3, 0.4) is 0 Å². The van der Waals surface area contributed by atoms with Gasteiger partial charge in [-0.15, -0.1) is 0 Å². The fraction of sp³-hybridized carbons (Fsp3) is 0.211. The van der Waals surface area contributed by atoms with Gasteiger partial charge in [0.2, 0.25) is 0 Å². The van der Waals surface area contributed by atoms with Crippen molar-refractivity contribution < 1.29 is 4.74 Å². The summed E-state index contributed by atoms with van der Waals surface area (Å²) in [5, 5.41) is 0. The Morgan fingerprint density at radius 3 is 2.27 bits per heavy atom. The third-order valence-electron chi connectivity index (χ3n) is 3.81. The fourth-order valence-electron chi connectivity index (χ4n) is 2.73. The molecule has 2 heterocycles. The summed E-state index contributed by atoms with van der Waals surface area (Å²) in [7, 11) is 1.70. The molecule has 0 saturated heterocycles. The van der Waals surface area contributed by atoms with E-state index in [2.05, 4.69) is 44.0 Å². The Morgan fingerprint density at radius 2 is 1.64 bits per heavy atom. The van der Waals surface area contributed by atoms with E-state index in [9.17, 15) is 0 Å². The zero-order valence-electron chi connectivity index (χ0n) is 13.4. The molecule has 0 aliphatic rings. The Kier molecular flexibility index (Phi) is 3.72. The average molecular weight is 292 g/mol. The number of nitrogens with zero attached hydrogens (tertiary/aromatic N) is 1. The Labute approximate surface area is 131 Å². The summed E-state index contributed by atoms with van der Waals surface area (Å²) in [5.41, 5.74) is 7.51. The molecule has 3 rings (SSSR count). The van der Waals surface area contributed by atoms with Gasteiger partial charge in [-0.2, -0.15) is 0 Å². The smallest absolute Gasteiger partial charge is 0.128 e. The van der Waals surface area contributed by atoms with Crippen LogP contribution in [0.15, 0.2) is 42.5 Å². The minimum atomic E-state index is 0.853. The molecule has 3 nitrogen and oxygen atoms in total.